The lowest BCUT2D eigenvalue weighted by Crippen LogP contribution is -2.46. The summed E-state index contributed by atoms with van der Waals surface area (Å²) >= 11 is 0. The summed E-state index contributed by atoms with van der Waals surface area (Å²) in [6.07, 6.45) is 0.228. The molecule has 0 radical (unpaired) electrons. The van der Waals surface area contributed by atoms with E-state index in [1.54, 1.807) is 12.1 Å². The SMILES string of the molecule is CCC(C)CC(NC(=O)OCC1c2ccccc2-c2ccccc21)C(=O)ON1C(=O)c2ccccc2C1=O. The van der Waals surface area contributed by atoms with Gasteiger partial charge in [-0.15, -0.1) is 0 Å². The molecule has 5 rings (SSSR count). The number of nitrogens with zero attached hydrogens (tertiary/aromatic N) is 1. The normalized spacial score (nSPS) is 15.4. The van der Waals surface area contributed by atoms with E-state index in [0.29, 0.717) is 5.06 Å². The zero-order valence-corrected chi connectivity index (χ0v) is 21.2. The molecule has 3 aromatic carbocycles. The van der Waals surface area contributed by atoms with Crippen molar-refractivity contribution in [2.45, 2.75) is 38.6 Å². The highest BCUT2D eigenvalue weighted by atomic mass is 16.7. The molecule has 0 bridgehead atoms. The summed E-state index contributed by atoms with van der Waals surface area (Å²) in [6, 6.07) is 21.1. The summed E-state index contributed by atoms with van der Waals surface area (Å²) < 4.78 is 5.59. The first-order valence-corrected chi connectivity index (χ1v) is 12.7. The highest BCUT2D eigenvalue weighted by Gasteiger charge is 2.40. The molecule has 8 nitrogen and oxygen atoms in total. The van der Waals surface area contributed by atoms with Gasteiger partial charge >= 0.3 is 12.1 Å². The van der Waals surface area contributed by atoms with Crippen molar-refractivity contribution in [1.29, 1.82) is 0 Å². The van der Waals surface area contributed by atoms with E-state index in [2.05, 4.69) is 5.32 Å². The number of hydrogen-bond acceptors (Lipinski definition) is 6. The Balaban J connectivity index is 1.27. The largest absolute Gasteiger partial charge is 0.449 e. The molecule has 0 aromatic heterocycles. The van der Waals surface area contributed by atoms with Crippen LogP contribution >= 0.6 is 0 Å². The van der Waals surface area contributed by atoms with Crippen LogP contribution in [0, 0.1) is 5.92 Å². The van der Waals surface area contributed by atoms with Crippen molar-refractivity contribution in [1.82, 2.24) is 10.4 Å². The zero-order chi connectivity index (χ0) is 26.8. The second-order valence-electron chi connectivity index (χ2n) is 9.63. The molecule has 2 aliphatic rings. The van der Waals surface area contributed by atoms with Crippen molar-refractivity contribution in [3.8, 4) is 11.1 Å². The number of carbonyl (C=O) groups excluding carboxylic acids is 4. The van der Waals surface area contributed by atoms with E-state index >= 15 is 0 Å². The third kappa shape index (κ3) is 4.65. The standard InChI is InChI=1S/C30H28N2O6/c1-3-18(2)16-26(29(35)38-32-27(33)23-14-8-9-15-24(23)28(32)34)31-30(36)37-17-25-21-12-6-4-10-19(21)20-11-5-7-13-22(20)25/h4-15,18,25-26H,3,16-17H2,1-2H3,(H,31,36). The summed E-state index contributed by atoms with van der Waals surface area (Å²) in [7, 11) is 0. The van der Waals surface area contributed by atoms with Gasteiger partial charge in [0.2, 0.25) is 0 Å². The summed E-state index contributed by atoms with van der Waals surface area (Å²) in [5, 5.41) is 3.05. The molecule has 194 valence electrons. The van der Waals surface area contributed by atoms with Crippen LogP contribution in [0.3, 0.4) is 0 Å². The third-order valence-corrected chi connectivity index (χ3v) is 7.19. The molecule has 1 N–H and O–H groups in total. The molecule has 0 saturated carbocycles. The number of fused-ring (bicyclic) bond motifs is 4. The number of hydroxylamine groups is 2. The molecule has 1 aliphatic heterocycles. The summed E-state index contributed by atoms with van der Waals surface area (Å²) in [5.74, 6) is -2.42. The Bertz CT molecular complexity index is 1340. The Hall–Kier alpha value is -4.46. The fourth-order valence-electron chi connectivity index (χ4n) is 4.97. The number of alkyl carbamates (subject to hydrolysis) is 1. The van der Waals surface area contributed by atoms with Gasteiger partial charge in [-0.05, 0) is 46.7 Å². The van der Waals surface area contributed by atoms with Crippen molar-refractivity contribution in [3.63, 3.8) is 0 Å². The van der Waals surface area contributed by atoms with Gasteiger partial charge in [0, 0.05) is 5.92 Å². The minimum Gasteiger partial charge on any atom is -0.449 e. The van der Waals surface area contributed by atoms with Crippen LogP contribution in [0.1, 0.15) is 64.4 Å². The van der Waals surface area contributed by atoms with Gasteiger partial charge in [-0.25, -0.2) is 9.59 Å². The first-order chi connectivity index (χ1) is 18.4. The predicted molar refractivity (Wildman–Crippen MR) is 139 cm³/mol. The lowest BCUT2D eigenvalue weighted by Gasteiger charge is -2.22. The molecule has 3 aromatic rings. The average Bonchev–Trinajstić information content (AvgIpc) is 3.38. The van der Waals surface area contributed by atoms with Gasteiger partial charge in [0.25, 0.3) is 11.8 Å². The first kappa shape index (κ1) is 25.2. The van der Waals surface area contributed by atoms with Gasteiger partial charge in [0.15, 0.2) is 0 Å². The minimum absolute atomic E-state index is 0.0589. The van der Waals surface area contributed by atoms with Crippen molar-refractivity contribution < 1.29 is 28.8 Å². The summed E-state index contributed by atoms with van der Waals surface area (Å²) in [4.78, 5) is 56.4. The van der Waals surface area contributed by atoms with Crippen LogP contribution in [0.15, 0.2) is 72.8 Å². The van der Waals surface area contributed by atoms with E-state index in [1.165, 1.54) is 12.1 Å². The molecule has 1 heterocycles. The van der Waals surface area contributed by atoms with Crippen molar-refractivity contribution in [2.75, 3.05) is 6.61 Å². The number of benzene rings is 3. The second-order valence-corrected chi connectivity index (χ2v) is 9.63. The average molecular weight is 513 g/mol. The highest BCUT2D eigenvalue weighted by Crippen LogP contribution is 2.44. The Morgan fingerprint density at radius 1 is 0.842 bits per heavy atom. The third-order valence-electron chi connectivity index (χ3n) is 7.19. The smallest absolute Gasteiger partial charge is 0.407 e. The highest BCUT2D eigenvalue weighted by molar-refractivity contribution is 6.20. The number of hydrogen-bond donors (Lipinski definition) is 1. The molecule has 0 fully saturated rings. The number of rotatable bonds is 8. The number of nitrogens with one attached hydrogen (secondary N) is 1. The molecule has 1 aliphatic carbocycles. The van der Waals surface area contributed by atoms with Gasteiger partial charge in [-0.3, -0.25) is 9.59 Å². The number of ether oxygens (including phenoxy) is 1. The summed E-state index contributed by atoms with van der Waals surface area (Å²) in [6.45, 7) is 3.98. The maximum atomic E-state index is 13.1. The molecule has 3 amide bonds. The molecule has 8 heteroatoms. The van der Waals surface area contributed by atoms with E-state index in [1.807, 2.05) is 62.4 Å². The predicted octanol–water partition coefficient (Wildman–Crippen LogP) is 5.08. The van der Waals surface area contributed by atoms with Gasteiger partial charge in [0.1, 0.15) is 12.6 Å². The Morgan fingerprint density at radius 3 is 1.87 bits per heavy atom. The van der Waals surface area contributed by atoms with Crippen molar-refractivity contribution in [2.24, 2.45) is 5.92 Å². The zero-order valence-electron chi connectivity index (χ0n) is 21.2. The Morgan fingerprint density at radius 2 is 1.34 bits per heavy atom. The second kappa shape index (κ2) is 10.5. The van der Waals surface area contributed by atoms with Crippen LogP contribution in [0.5, 0.6) is 0 Å². The monoisotopic (exact) mass is 512 g/mol. The van der Waals surface area contributed by atoms with Crippen LogP contribution in [-0.2, 0) is 14.4 Å². The number of imide groups is 1. The molecular weight excluding hydrogens is 484 g/mol. The lowest BCUT2D eigenvalue weighted by atomic mass is 9.98. The van der Waals surface area contributed by atoms with Crippen LogP contribution in [0.25, 0.3) is 11.1 Å². The summed E-state index contributed by atoms with van der Waals surface area (Å²) in [5.41, 5.74) is 4.68. The van der Waals surface area contributed by atoms with Gasteiger partial charge < -0.3 is 14.9 Å². The maximum absolute atomic E-state index is 13.1. The van der Waals surface area contributed by atoms with Gasteiger partial charge in [-0.2, -0.15) is 0 Å². The van der Waals surface area contributed by atoms with Crippen LogP contribution in [0.2, 0.25) is 0 Å². The molecule has 2 unspecified atom stereocenters. The van der Waals surface area contributed by atoms with Crippen molar-refractivity contribution in [3.05, 3.63) is 95.1 Å². The molecule has 2 atom stereocenters. The van der Waals surface area contributed by atoms with Crippen molar-refractivity contribution >= 4 is 23.9 Å². The number of carbonyl (C=O) groups is 4. The van der Waals surface area contributed by atoms with Gasteiger partial charge in [0.05, 0.1) is 11.1 Å². The molecule has 0 spiro atoms. The van der Waals surface area contributed by atoms with Crippen LogP contribution in [-0.4, -0.2) is 41.6 Å². The quantitative estimate of drug-likeness (QED) is 0.422. The van der Waals surface area contributed by atoms with Gasteiger partial charge in [-0.1, -0.05) is 86.0 Å². The fraction of sp³-hybridized carbons (Fsp3) is 0.267. The molecule has 0 saturated heterocycles. The van der Waals surface area contributed by atoms with E-state index < -0.39 is 29.9 Å². The van der Waals surface area contributed by atoms with Crippen LogP contribution in [0.4, 0.5) is 4.79 Å². The fourth-order valence-corrected chi connectivity index (χ4v) is 4.97. The molecule has 38 heavy (non-hydrogen) atoms. The topological polar surface area (TPSA) is 102 Å². The van der Waals surface area contributed by atoms with Crippen LogP contribution < -0.4 is 5.32 Å². The van der Waals surface area contributed by atoms with E-state index in [9.17, 15) is 19.2 Å². The molecular formula is C30H28N2O6. The first-order valence-electron chi connectivity index (χ1n) is 12.7. The Kier molecular flexibility index (Phi) is 6.96. The Labute approximate surface area is 220 Å². The number of amides is 3. The van der Waals surface area contributed by atoms with E-state index in [-0.39, 0.29) is 36.0 Å². The van der Waals surface area contributed by atoms with E-state index in [4.69, 9.17) is 9.57 Å². The lowest BCUT2D eigenvalue weighted by molar-refractivity contribution is -0.171. The van der Waals surface area contributed by atoms with E-state index in [0.717, 1.165) is 28.7 Å². The maximum Gasteiger partial charge on any atom is 0.407 e. The minimum atomic E-state index is -1.11.